The van der Waals surface area contributed by atoms with Gasteiger partial charge in [0, 0.05) is 39.0 Å². The normalized spacial score (nSPS) is 15.0. The van der Waals surface area contributed by atoms with Crippen LogP contribution in [0.25, 0.3) is 10.9 Å². The fourth-order valence-electron chi connectivity index (χ4n) is 3.19. The third kappa shape index (κ3) is 3.27. The number of hydrogen-bond donors (Lipinski definition) is 0. The highest BCUT2D eigenvalue weighted by atomic mass is 32.1. The zero-order valence-corrected chi connectivity index (χ0v) is 15.4. The smallest absolute Gasteiger partial charge is 0.261 e. The van der Waals surface area contributed by atoms with Crippen molar-refractivity contribution in [2.75, 3.05) is 49.7 Å². The van der Waals surface area contributed by atoms with E-state index in [1.165, 1.54) is 11.7 Å². The molecule has 3 aromatic rings. The maximum Gasteiger partial charge on any atom is 0.261 e. The second-order valence-electron chi connectivity index (χ2n) is 6.18. The summed E-state index contributed by atoms with van der Waals surface area (Å²) >= 11 is 1.24. The Balaban J connectivity index is 1.52. The first kappa shape index (κ1) is 16.9. The van der Waals surface area contributed by atoms with Crippen molar-refractivity contribution in [3.05, 3.63) is 41.1 Å². The van der Waals surface area contributed by atoms with Crippen molar-refractivity contribution in [3.8, 4) is 0 Å². The molecule has 1 aliphatic rings. The molecule has 1 saturated heterocycles. The Labute approximate surface area is 155 Å². The van der Waals surface area contributed by atoms with Crippen molar-refractivity contribution in [1.29, 1.82) is 0 Å². The molecule has 0 unspecified atom stereocenters. The number of anilines is 2. The minimum atomic E-state index is -0.0283. The lowest BCUT2D eigenvalue weighted by Crippen LogP contribution is -2.46. The standard InChI is InChI=1S/C17H20N6O2S/c1-25-9-8-23-12-18-15-10-13(2-3-14(15)17(23)24)21-4-6-22(7-5-21)16-11-19-26-20-16/h2-3,10-12H,4-9H2,1H3. The van der Waals surface area contributed by atoms with Crippen molar-refractivity contribution in [3.63, 3.8) is 0 Å². The molecule has 0 N–H and O–H groups in total. The summed E-state index contributed by atoms with van der Waals surface area (Å²) in [7, 11) is 1.62. The number of nitrogens with zero attached hydrogens (tertiary/aromatic N) is 6. The first-order chi connectivity index (χ1) is 12.8. The lowest BCUT2D eigenvalue weighted by Gasteiger charge is -2.36. The summed E-state index contributed by atoms with van der Waals surface area (Å²) in [5.41, 5.74) is 1.79. The molecule has 0 atom stereocenters. The van der Waals surface area contributed by atoms with Crippen molar-refractivity contribution in [2.45, 2.75) is 6.54 Å². The largest absolute Gasteiger partial charge is 0.383 e. The van der Waals surface area contributed by atoms with Crippen LogP contribution < -0.4 is 15.4 Å². The number of fused-ring (bicyclic) bond motifs is 1. The maximum absolute atomic E-state index is 12.5. The summed E-state index contributed by atoms with van der Waals surface area (Å²) in [5.74, 6) is 0.950. The molecule has 1 aromatic carbocycles. The second kappa shape index (κ2) is 7.38. The molecule has 1 fully saturated rings. The zero-order chi connectivity index (χ0) is 17.9. The van der Waals surface area contributed by atoms with Gasteiger partial charge in [0.1, 0.15) is 0 Å². The zero-order valence-electron chi connectivity index (χ0n) is 14.5. The molecule has 9 heteroatoms. The van der Waals surface area contributed by atoms with Gasteiger partial charge in [0.15, 0.2) is 5.82 Å². The minimum Gasteiger partial charge on any atom is -0.383 e. The molecule has 0 spiro atoms. The van der Waals surface area contributed by atoms with Gasteiger partial charge in [0.2, 0.25) is 0 Å². The van der Waals surface area contributed by atoms with Crippen LogP contribution in [-0.2, 0) is 11.3 Å². The van der Waals surface area contributed by atoms with Gasteiger partial charge in [0.05, 0.1) is 48.3 Å². The van der Waals surface area contributed by atoms with Gasteiger partial charge in [-0.05, 0) is 18.2 Å². The van der Waals surface area contributed by atoms with E-state index in [0.717, 1.165) is 43.2 Å². The average Bonchev–Trinajstić information content (AvgIpc) is 3.22. The van der Waals surface area contributed by atoms with Gasteiger partial charge in [-0.3, -0.25) is 9.36 Å². The lowest BCUT2D eigenvalue weighted by molar-refractivity contribution is 0.186. The molecule has 0 saturated carbocycles. The predicted octanol–water partition coefficient (Wildman–Crippen LogP) is 1.22. The number of piperazine rings is 1. The fourth-order valence-corrected chi connectivity index (χ4v) is 3.62. The molecular weight excluding hydrogens is 352 g/mol. The number of aromatic nitrogens is 4. The average molecular weight is 372 g/mol. The molecular formula is C17H20N6O2S. The van der Waals surface area contributed by atoms with Crippen LogP contribution >= 0.6 is 11.7 Å². The van der Waals surface area contributed by atoms with E-state index < -0.39 is 0 Å². The van der Waals surface area contributed by atoms with Crippen LogP contribution in [0.5, 0.6) is 0 Å². The van der Waals surface area contributed by atoms with E-state index in [0.29, 0.717) is 18.5 Å². The van der Waals surface area contributed by atoms with E-state index in [4.69, 9.17) is 4.74 Å². The Bertz CT molecular complexity index is 934. The van der Waals surface area contributed by atoms with Gasteiger partial charge in [-0.25, -0.2) is 4.98 Å². The number of methoxy groups -OCH3 is 1. The number of benzene rings is 1. The van der Waals surface area contributed by atoms with Crippen molar-refractivity contribution >= 4 is 34.1 Å². The molecule has 0 amide bonds. The summed E-state index contributed by atoms with van der Waals surface area (Å²) in [6, 6.07) is 5.88. The Morgan fingerprint density at radius 2 is 2.00 bits per heavy atom. The monoisotopic (exact) mass is 372 g/mol. The van der Waals surface area contributed by atoms with Gasteiger partial charge in [-0.15, -0.1) is 0 Å². The van der Waals surface area contributed by atoms with Crippen molar-refractivity contribution in [2.24, 2.45) is 0 Å². The summed E-state index contributed by atoms with van der Waals surface area (Å²) in [6.07, 6.45) is 3.41. The maximum atomic E-state index is 12.5. The number of hydrogen-bond acceptors (Lipinski definition) is 8. The molecule has 0 radical (unpaired) electrons. The minimum absolute atomic E-state index is 0.0283. The van der Waals surface area contributed by atoms with E-state index in [9.17, 15) is 4.79 Å². The van der Waals surface area contributed by atoms with E-state index >= 15 is 0 Å². The molecule has 8 nitrogen and oxygen atoms in total. The Hall–Kier alpha value is -2.52. The first-order valence-corrected chi connectivity index (χ1v) is 9.25. The lowest BCUT2D eigenvalue weighted by atomic mass is 10.2. The molecule has 3 heterocycles. The van der Waals surface area contributed by atoms with Crippen LogP contribution in [0.4, 0.5) is 11.5 Å². The summed E-state index contributed by atoms with van der Waals surface area (Å²) in [5, 5.41) is 0.638. The highest BCUT2D eigenvalue weighted by Gasteiger charge is 2.19. The highest BCUT2D eigenvalue weighted by Crippen LogP contribution is 2.22. The van der Waals surface area contributed by atoms with Gasteiger partial charge in [-0.2, -0.15) is 8.75 Å². The quantitative estimate of drug-likeness (QED) is 0.666. The van der Waals surface area contributed by atoms with Crippen LogP contribution in [0.2, 0.25) is 0 Å². The van der Waals surface area contributed by atoms with Crippen LogP contribution in [0.15, 0.2) is 35.5 Å². The van der Waals surface area contributed by atoms with E-state index in [1.54, 1.807) is 18.0 Å². The van der Waals surface area contributed by atoms with E-state index in [-0.39, 0.29) is 5.56 Å². The number of ether oxygens (including phenoxy) is 1. The topological polar surface area (TPSA) is 76.4 Å². The van der Waals surface area contributed by atoms with Gasteiger partial charge < -0.3 is 14.5 Å². The van der Waals surface area contributed by atoms with Crippen LogP contribution in [0, 0.1) is 0 Å². The van der Waals surface area contributed by atoms with Crippen LogP contribution in [0.3, 0.4) is 0 Å². The van der Waals surface area contributed by atoms with E-state index in [2.05, 4.69) is 23.5 Å². The highest BCUT2D eigenvalue weighted by molar-refractivity contribution is 6.99. The van der Waals surface area contributed by atoms with E-state index in [1.807, 2.05) is 24.4 Å². The molecule has 1 aliphatic heterocycles. The molecule has 26 heavy (non-hydrogen) atoms. The fraction of sp³-hybridized carbons (Fsp3) is 0.412. The summed E-state index contributed by atoms with van der Waals surface area (Å²) in [6.45, 7) is 4.59. The summed E-state index contributed by atoms with van der Waals surface area (Å²) < 4.78 is 15.0. The Morgan fingerprint density at radius 3 is 2.73 bits per heavy atom. The third-order valence-electron chi connectivity index (χ3n) is 4.66. The van der Waals surface area contributed by atoms with Gasteiger partial charge in [-0.1, -0.05) is 0 Å². The first-order valence-electron chi connectivity index (χ1n) is 8.52. The molecule has 4 rings (SSSR count). The third-order valence-corrected chi connectivity index (χ3v) is 5.13. The summed E-state index contributed by atoms with van der Waals surface area (Å²) in [4.78, 5) is 21.5. The Kier molecular flexibility index (Phi) is 4.81. The molecule has 0 bridgehead atoms. The predicted molar refractivity (Wildman–Crippen MR) is 102 cm³/mol. The van der Waals surface area contributed by atoms with Gasteiger partial charge >= 0.3 is 0 Å². The molecule has 0 aliphatic carbocycles. The molecule has 2 aromatic heterocycles. The van der Waals surface area contributed by atoms with Gasteiger partial charge in [0.25, 0.3) is 5.56 Å². The van der Waals surface area contributed by atoms with Crippen molar-refractivity contribution in [1.82, 2.24) is 18.3 Å². The Morgan fingerprint density at radius 1 is 1.19 bits per heavy atom. The molecule has 136 valence electrons. The van der Waals surface area contributed by atoms with Crippen LogP contribution in [0.1, 0.15) is 0 Å². The van der Waals surface area contributed by atoms with Crippen molar-refractivity contribution < 1.29 is 4.74 Å². The SMILES string of the molecule is COCCn1cnc2cc(N3CCN(c4cnsn4)CC3)ccc2c1=O. The van der Waals surface area contributed by atoms with Crippen LogP contribution in [-0.4, -0.2) is 58.2 Å². The second-order valence-corrected chi connectivity index (χ2v) is 6.73. The number of rotatable bonds is 5.